The highest BCUT2D eigenvalue weighted by Gasteiger charge is 2.33. The molecule has 0 saturated heterocycles. The van der Waals surface area contributed by atoms with Crippen LogP contribution in [0.2, 0.25) is 0 Å². The summed E-state index contributed by atoms with van der Waals surface area (Å²) in [5.74, 6) is -0.792. The highest BCUT2D eigenvalue weighted by atomic mass is 32.2. The van der Waals surface area contributed by atoms with Crippen LogP contribution in [0.15, 0.2) is 57.9 Å². The minimum absolute atomic E-state index is 0.0188. The van der Waals surface area contributed by atoms with Crippen molar-refractivity contribution < 1.29 is 9.90 Å². The summed E-state index contributed by atoms with van der Waals surface area (Å²) in [6.07, 6.45) is 1.92. The van der Waals surface area contributed by atoms with Gasteiger partial charge in [0.05, 0.1) is 5.69 Å². The Labute approximate surface area is 162 Å². The van der Waals surface area contributed by atoms with Crippen LogP contribution in [0, 0.1) is 0 Å². The van der Waals surface area contributed by atoms with E-state index in [-0.39, 0.29) is 23.0 Å². The Morgan fingerprint density at radius 1 is 1.31 bits per heavy atom. The Hall–Kier alpha value is -2.38. The van der Waals surface area contributed by atoms with Gasteiger partial charge in [0, 0.05) is 28.3 Å². The maximum atomic E-state index is 12.7. The summed E-state index contributed by atoms with van der Waals surface area (Å²) in [4.78, 5) is 17.7. The summed E-state index contributed by atoms with van der Waals surface area (Å²) in [6.45, 7) is 1.80. The summed E-state index contributed by atoms with van der Waals surface area (Å²) in [5, 5.41) is 10.6. The topological polar surface area (TPSA) is 87.7 Å². The molecule has 1 atom stereocenters. The standard InChI is InChI=1S/C19H19N3O2S2/c1-10-12-5-3-4-6-13(12)18(24)16(17(10)23)19(20)21-14-8-7-11(22-26-2)9-15(14)25/h3-10,22,24-25H,1-2H3,(H2,20,21). The molecule has 0 fully saturated rings. The number of anilines is 1. The third-order valence-electron chi connectivity index (χ3n) is 4.25. The number of aliphatic imine (C=N–C) groups is 1. The fourth-order valence-corrected chi connectivity index (χ4v) is 3.56. The van der Waals surface area contributed by atoms with Crippen LogP contribution in [0.25, 0.3) is 5.76 Å². The first-order valence-corrected chi connectivity index (χ1v) is 9.64. The zero-order valence-corrected chi connectivity index (χ0v) is 16.1. The average molecular weight is 386 g/mol. The van der Waals surface area contributed by atoms with Crippen molar-refractivity contribution in [2.24, 2.45) is 10.7 Å². The molecule has 3 rings (SSSR count). The van der Waals surface area contributed by atoms with Crippen LogP contribution in [-0.2, 0) is 4.79 Å². The number of amidine groups is 1. The van der Waals surface area contributed by atoms with Gasteiger partial charge in [-0.1, -0.05) is 43.1 Å². The number of hydrogen-bond donors (Lipinski definition) is 4. The maximum absolute atomic E-state index is 12.7. The number of fused-ring (bicyclic) bond motifs is 1. The summed E-state index contributed by atoms with van der Waals surface area (Å²) < 4.78 is 3.11. The molecule has 1 aliphatic carbocycles. The van der Waals surface area contributed by atoms with Gasteiger partial charge in [0.25, 0.3) is 0 Å². The first-order valence-electron chi connectivity index (χ1n) is 7.97. The number of carbonyl (C=O) groups is 1. The van der Waals surface area contributed by atoms with Crippen molar-refractivity contribution in [1.29, 1.82) is 0 Å². The molecule has 0 spiro atoms. The molecule has 0 radical (unpaired) electrons. The number of hydrogen-bond acceptors (Lipinski definition) is 6. The van der Waals surface area contributed by atoms with Crippen LogP contribution in [0.3, 0.4) is 0 Å². The lowest BCUT2D eigenvalue weighted by atomic mass is 9.81. The number of nitrogens with two attached hydrogens (primary N) is 1. The van der Waals surface area contributed by atoms with E-state index in [1.165, 1.54) is 11.9 Å². The van der Waals surface area contributed by atoms with Crippen molar-refractivity contribution in [3.05, 3.63) is 59.2 Å². The predicted octanol–water partition coefficient (Wildman–Crippen LogP) is 4.31. The molecule has 0 aromatic heterocycles. The molecule has 1 aliphatic rings. The number of rotatable bonds is 4. The van der Waals surface area contributed by atoms with Gasteiger partial charge < -0.3 is 15.6 Å². The molecule has 5 nitrogen and oxygen atoms in total. The maximum Gasteiger partial charge on any atom is 0.177 e. The molecule has 0 heterocycles. The summed E-state index contributed by atoms with van der Waals surface area (Å²) in [7, 11) is 0. The first-order chi connectivity index (χ1) is 12.4. The minimum atomic E-state index is -0.394. The van der Waals surface area contributed by atoms with E-state index in [4.69, 9.17) is 5.73 Å². The largest absolute Gasteiger partial charge is 0.506 e. The smallest absolute Gasteiger partial charge is 0.177 e. The van der Waals surface area contributed by atoms with Gasteiger partial charge in [-0.3, -0.25) is 4.79 Å². The van der Waals surface area contributed by atoms with E-state index in [2.05, 4.69) is 22.3 Å². The number of thiol groups is 1. The van der Waals surface area contributed by atoms with E-state index < -0.39 is 5.92 Å². The molecular weight excluding hydrogens is 366 g/mol. The molecule has 4 N–H and O–H groups in total. The highest BCUT2D eigenvalue weighted by molar-refractivity contribution is 7.99. The number of carbonyl (C=O) groups excluding carboxylic acids is 1. The molecule has 2 aromatic rings. The van der Waals surface area contributed by atoms with E-state index in [0.29, 0.717) is 16.1 Å². The lowest BCUT2D eigenvalue weighted by Gasteiger charge is -2.23. The molecular formula is C19H19N3O2S2. The molecule has 0 aliphatic heterocycles. The first kappa shape index (κ1) is 18.4. The zero-order valence-electron chi connectivity index (χ0n) is 14.4. The quantitative estimate of drug-likeness (QED) is 0.273. The molecule has 7 heteroatoms. The highest BCUT2D eigenvalue weighted by Crippen LogP contribution is 2.36. The van der Waals surface area contributed by atoms with Gasteiger partial charge >= 0.3 is 0 Å². The van der Waals surface area contributed by atoms with E-state index >= 15 is 0 Å². The number of ketones is 1. The van der Waals surface area contributed by atoms with Crippen LogP contribution in [0.1, 0.15) is 24.0 Å². The second-order valence-corrected chi connectivity index (χ2v) is 7.00. The van der Waals surface area contributed by atoms with Crippen LogP contribution >= 0.6 is 24.6 Å². The van der Waals surface area contributed by atoms with E-state index in [1.54, 1.807) is 19.1 Å². The van der Waals surface area contributed by atoms with Crippen molar-refractivity contribution in [3.8, 4) is 0 Å². The van der Waals surface area contributed by atoms with Gasteiger partial charge in [-0.25, -0.2) is 4.99 Å². The Morgan fingerprint density at radius 3 is 2.73 bits per heavy atom. The summed E-state index contributed by atoms with van der Waals surface area (Å²) in [5.41, 5.74) is 8.96. The number of aliphatic hydroxyl groups is 1. The SMILES string of the molecule is CSNc1ccc(N=C(N)C2=C(O)c3ccccc3C(C)C2=O)c(S)c1. The zero-order chi connectivity index (χ0) is 18.8. The third-order valence-corrected chi connectivity index (χ3v) is 5.05. The van der Waals surface area contributed by atoms with Crippen LogP contribution in [0.4, 0.5) is 11.4 Å². The lowest BCUT2D eigenvalue weighted by Crippen LogP contribution is -2.29. The molecule has 1 unspecified atom stereocenters. The normalized spacial score (nSPS) is 17.3. The summed E-state index contributed by atoms with van der Waals surface area (Å²) >= 11 is 5.90. The van der Waals surface area contributed by atoms with Crippen LogP contribution < -0.4 is 10.5 Å². The molecule has 0 amide bonds. The van der Waals surface area contributed by atoms with Crippen molar-refractivity contribution >= 4 is 53.3 Å². The van der Waals surface area contributed by atoms with Gasteiger partial charge in [0.1, 0.15) is 17.2 Å². The van der Waals surface area contributed by atoms with Gasteiger partial charge in [0.2, 0.25) is 0 Å². The van der Waals surface area contributed by atoms with Crippen molar-refractivity contribution in [1.82, 2.24) is 0 Å². The van der Waals surface area contributed by atoms with Gasteiger partial charge in [-0.15, -0.1) is 12.6 Å². The number of nitrogens with zero attached hydrogens (tertiary/aromatic N) is 1. The Morgan fingerprint density at radius 2 is 2.04 bits per heavy atom. The fourth-order valence-electron chi connectivity index (χ4n) is 2.93. The van der Waals surface area contributed by atoms with E-state index in [9.17, 15) is 9.90 Å². The van der Waals surface area contributed by atoms with Crippen molar-refractivity contribution in [2.75, 3.05) is 11.0 Å². The van der Waals surface area contributed by atoms with Gasteiger partial charge in [-0.05, 0) is 23.8 Å². The van der Waals surface area contributed by atoms with Crippen LogP contribution in [-0.4, -0.2) is 23.0 Å². The van der Waals surface area contributed by atoms with Crippen molar-refractivity contribution in [2.45, 2.75) is 17.7 Å². The molecule has 0 bridgehead atoms. The average Bonchev–Trinajstić information content (AvgIpc) is 2.62. The minimum Gasteiger partial charge on any atom is -0.506 e. The monoisotopic (exact) mass is 385 g/mol. The van der Waals surface area contributed by atoms with E-state index in [1.807, 2.05) is 36.6 Å². The third kappa shape index (κ3) is 3.32. The number of Topliss-reactive ketones (excluding diaryl/α,β-unsaturated/α-hetero) is 1. The second kappa shape index (κ2) is 7.47. The molecule has 26 heavy (non-hydrogen) atoms. The Kier molecular flexibility index (Phi) is 5.29. The molecule has 134 valence electrons. The number of benzene rings is 2. The van der Waals surface area contributed by atoms with Crippen LogP contribution in [0.5, 0.6) is 0 Å². The Balaban J connectivity index is 2.05. The van der Waals surface area contributed by atoms with Crippen molar-refractivity contribution in [3.63, 3.8) is 0 Å². The predicted molar refractivity (Wildman–Crippen MR) is 112 cm³/mol. The second-order valence-electron chi connectivity index (χ2n) is 5.90. The number of aliphatic hydroxyl groups excluding tert-OH is 1. The van der Waals surface area contributed by atoms with Gasteiger partial charge in [0.15, 0.2) is 5.78 Å². The lowest BCUT2D eigenvalue weighted by molar-refractivity contribution is -0.116. The molecule has 0 saturated carbocycles. The fraction of sp³-hybridized carbons (Fsp3) is 0.158. The number of nitrogens with one attached hydrogen (secondary N) is 1. The molecule has 2 aromatic carbocycles. The van der Waals surface area contributed by atoms with Gasteiger partial charge in [-0.2, -0.15) is 0 Å². The van der Waals surface area contributed by atoms with E-state index in [0.717, 1.165) is 11.3 Å². The Bertz CT molecular complexity index is 938. The summed E-state index contributed by atoms with van der Waals surface area (Å²) in [6, 6.07) is 12.7.